The van der Waals surface area contributed by atoms with Crippen LogP contribution in [0.25, 0.3) is 0 Å². The molecule has 2 aromatic heterocycles. The Kier molecular flexibility index (Phi) is 3.96. The number of piperazine rings is 1. The molecule has 6 nitrogen and oxygen atoms in total. The van der Waals surface area contributed by atoms with E-state index in [0.29, 0.717) is 18.8 Å². The van der Waals surface area contributed by atoms with Gasteiger partial charge < -0.3 is 9.42 Å². The molecule has 1 saturated heterocycles. The number of pyridine rings is 1. The summed E-state index contributed by atoms with van der Waals surface area (Å²) in [6.45, 7) is 5.21. The van der Waals surface area contributed by atoms with E-state index in [2.05, 4.69) is 22.0 Å². The van der Waals surface area contributed by atoms with Gasteiger partial charge in [-0.2, -0.15) is 0 Å². The van der Waals surface area contributed by atoms with Crippen molar-refractivity contribution in [3.63, 3.8) is 0 Å². The van der Waals surface area contributed by atoms with Gasteiger partial charge >= 0.3 is 0 Å². The molecular weight excluding hydrogens is 268 g/mol. The number of carbonyl (C=O) groups excluding carboxylic acids is 1. The first-order valence-electron chi connectivity index (χ1n) is 7.10. The summed E-state index contributed by atoms with van der Waals surface area (Å²) in [5.41, 5.74) is 1.44. The van der Waals surface area contributed by atoms with Crippen LogP contribution in [0.3, 0.4) is 0 Å². The highest BCUT2D eigenvalue weighted by atomic mass is 16.5. The minimum Gasteiger partial charge on any atom is -0.364 e. The van der Waals surface area contributed by atoms with E-state index in [1.807, 2.05) is 29.3 Å². The van der Waals surface area contributed by atoms with E-state index >= 15 is 0 Å². The van der Waals surface area contributed by atoms with Crippen molar-refractivity contribution < 1.29 is 9.32 Å². The van der Waals surface area contributed by atoms with Gasteiger partial charge in [-0.1, -0.05) is 11.2 Å². The van der Waals surface area contributed by atoms with Crippen molar-refractivity contribution in [3.8, 4) is 0 Å². The minimum atomic E-state index is -0.0612. The number of hydrogen-bond donors (Lipinski definition) is 0. The van der Waals surface area contributed by atoms with Gasteiger partial charge in [-0.05, 0) is 19.1 Å². The maximum Gasteiger partial charge on any atom is 0.276 e. The van der Waals surface area contributed by atoms with E-state index in [1.54, 1.807) is 6.07 Å². The van der Waals surface area contributed by atoms with E-state index < -0.39 is 0 Å². The quantitative estimate of drug-likeness (QED) is 0.857. The highest BCUT2D eigenvalue weighted by molar-refractivity contribution is 5.92. The third kappa shape index (κ3) is 2.95. The molecule has 3 rings (SSSR count). The van der Waals surface area contributed by atoms with Crippen LogP contribution in [0.1, 0.15) is 29.1 Å². The molecule has 1 aliphatic heterocycles. The average molecular weight is 286 g/mol. The first-order valence-corrected chi connectivity index (χ1v) is 7.10. The van der Waals surface area contributed by atoms with Gasteiger partial charge in [0.25, 0.3) is 5.91 Å². The predicted octanol–water partition coefficient (Wildman–Crippen LogP) is 1.59. The molecular formula is C15H18N4O2. The van der Waals surface area contributed by atoms with Crippen molar-refractivity contribution >= 4 is 5.91 Å². The molecule has 1 fully saturated rings. The largest absolute Gasteiger partial charge is 0.364 e. The predicted molar refractivity (Wildman–Crippen MR) is 76.6 cm³/mol. The monoisotopic (exact) mass is 286 g/mol. The Hall–Kier alpha value is -2.21. The van der Waals surface area contributed by atoms with Crippen LogP contribution < -0.4 is 0 Å². The van der Waals surface area contributed by atoms with Gasteiger partial charge in [0.05, 0.1) is 5.69 Å². The van der Waals surface area contributed by atoms with Gasteiger partial charge in [-0.15, -0.1) is 0 Å². The molecule has 1 amide bonds. The molecule has 0 N–H and O–H groups in total. The van der Waals surface area contributed by atoms with Gasteiger partial charge in [0.2, 0.25) is 0 Å². The van der Waals surface area contributed by atoms with Crippen LogP contribution in [0.5, 0.6) is 0 Å². The van der Waals surface area contributed by atoms with Crippen molar-refractivity contribution in [3.05, 3.63) is 48.1 Å². The maximum absolute atomic E-state index is 12.2. The zero-order chi connectivity index (χ0) is 14.7. The van der Waals surface area contributed by atoms with Gasteiger partial charge in [-0.25, -0.2) is 0 Å². The molecule has 6 heteroatoms. The van der Waals surface area contributed by atoms with Crippen molar-refractivity contribution in [2.45, 2.75) is 13.0 Å². The summed E-state index contributed by atoms with van der Waals surface area (Å²) in [5.74, 6) is -0.0612. The standard InChI is InChI=1S/C15H18N4O2/c1-12(13-4-2-3-6-16-13)18-7-9-19(10-8-18)15(20)14-5-11-21-17-14/h2-6,11-12H,7-10H2,1H3. The summed E-state index contributed by atoms with van der Waals surface area (Å²) < 4.78 is 4.73. The molecule has 0 radical (unpaired) electrons. The Morgan fingerprint density at radius 3 is 2.67 bits per heavy atom. The molecule has 0 aromatic carbocycles. The topological polar surface area (TPSA) is 62.5 Å². The molecule has 1 aliphatic rings. The summed E-state index contributed by atoms with van der Waals surface area (Å²) in [6.07, 6.45) is 3.24. The van der Waals surface area contributed by atoms with E-state index in [9.17, 15) is 4.79 Å². The Morgan fingerprint density at radius 2 is 2.05 bits per heavy atom. The second-order valence-corrected chi connectivity index (χ2v) is 5.14. The number of aromatic nitrogens is 2. The fourth-order valence-electron chi connectivity index (χ4n) is 2.61. The molecule has 1 atom stereocenters. The van der Waals surface area contributed by atoms with Crippen LogP contribution in [-0.4, -0.2) is 52.0 Å². The summed E-state index contributed by atoms with van der Waals surface area (Å²) in [4.78, 5) is 20.7. The fourth-order valence-corrected chi connectivity index (χ4v) is 2.61. The van der Waals surface area contributed by atoms with E-state index in [1.165, 1.54) is 6.26 Å². The van der Waals surface area contributed by atoms with Crippen molar-refractivity contribution in [1.29, 1.82) is 0 Å². The molecule has 0 aliphatic carbocycles. The lowest BCUT2D eigenvalue weighted by Crippen LogP contribution is -2.49. The Morgan fingerprint density at radius 1 is 1.24 bits per heavy atom. The smallest absolute Gasteiger partial charge is 0.276 e. The number of rotatable bonds is 3. The summed E-state index contributed by atoms with van der Waals surface area (Å²) in [5, 5.41) is 3.70. The van der Waals surface area contributed by atoms with Crippen LogP contribution in [0.4, 0.5) is 0 Å². The molecule has 21 heavy (non-hydrogen) atoms. The lowest BCUT2D eigenvalue weighted by molar-refractivity contribution is 0.0569. The maximum atomic E-state index is 12.2. The number of nitrogens with zero attached hydrogens (tertiary/aromatic N) is 4. The number of hydrogen-bond acceptors (Lipinski definition) is 5. The highest BCUT2D eigenvalue weighted by Gasteiger charge is 2.26. The molecule has 0 saturated carbocycles. The molecule has 0 bridgehead atoms. The summed E-state index contributed by atoms with van der Waals surface area (Å²) in [6, 6.07) is 7.83. The minimum absolute atomic E-state index is 0.0612. The van der Waals surface area contributed by atoms with Crippen LogP contribution in [-0.2, 0) is 0 Å². The zero-order valence-electron chi connectivity index (χ0n) is 12.0. The second kappa shape index (κ2) is 6.05. The lowest BCUT2D eigenvalue weighted by atomic mass is 10.1. The second-order valence-electron chi connectivity index (χ2n) is 5.14. The lowest BCUT2D eigenvalue weighted by Gasteiger charge is -2.37. The van der Waals surface area contributed by atoms with Crippen LogP contribution >= 0.6 is 0 Å². The molecule has 110 valence electrons. The van der Waals surface area contributed by atoms with Gasteiger partial charge in [-0.3, -0.25) is 14.7 Å². The average Bonchev–Trinajstić information content (AvgIpc) is 3.09. The van der Waals surface area contributed by atoms with Gasteiger partial charge in [0.15, 0.2) is 5.69 Å². The Labute approximate surface area is 123 Å². The third-order valence-corrected chi connectivity index (χ3v) is 3.92. The first kappa shape index (κ1) is 13.8. The van der Waals surface area contributed by atoms with Crippen molar-refractivity contribution in [2.24, 2.45) is 0 Å². The van der Waals surface area contributed by atoms with E-state index in [-0.39, 0.29) is 11.9 Å². The number of carbonyl (C=O) groups is 1. The number of amides is 1. The molecule has 3 heterocycles. The highest BCUT2D eigenvalue weighted by Crippen LogP contribution is 2.20. The summed E-state index contributed by atoms with van der Waals surface area (Å²) in [7, 11) is 0. The Balaban J connectivity index is 1.59. The van der Waals surface area contributed by atoms with Crippen LogP contribution in [0.15, 0.2) is 41.2 Å². The molecule has 2 aromatic rings. The first-order chi connectivity index (χ1) is 10.3. The fraction of sp³-hybridized carbons (Fsp3) is 0.400. The van der Waals surface area contributed by atoms with Crippen LogP contribution in [0, 0.1) is 0 Å². The van der Waals surface area contributed by atoms with Crippen LogP contribution in [0.2, 0.25) is 0 Å². The van der Waals surface area contributed by atoms with E-state index in [4.69, 9.17) is 4.52 Å². The van der Waals surface area contributed by atoms with Crippen molar-refractivity contribution in [2.75, 3.05) is 26.2 Å². The SMILES string of the molecule is CC(c1ccccn1)N1CCN(C(=O)c2ccon2)CC1. The molecule has 0 spiro atoms. The van der Waals surface area contributed by atoms with Gasteiger partial charge in [0.1, 0.15) is 6.26 Å². The normalized spacial score (nSPS) is 17.7. The van der Waals surface area contributed by atoms with Crippen molar-refractivity contribution in [1.82, 2.24) is 19.9 Å². The Bertz CT molecular complexity index is 577. The third-order valence-electron chi connectivity index (χ3n) is 3.92. The van der Waals surface area contributed by atoms with Gasteiger partial charge in [0, 0.05) is 44.5 Å². The zero-order valence-corrected chi connectivity index (χ0v) is 12.0. The summed E-state index contributed by atoms with van der Waals surface area (Å²) >= 11 is 0. The van der Waals surface area contributed by atoms with E-state index in [0.717, 1.165) is 18.8 Å². The molecule has 1 unspecified atom stereocenters.